The van der Waals surface area contributed by atoms with Gasteiger partial charge in [0.2, 0.25) is 0 Å². The third kappa shape index (κ3) is 2.78. The second-order valence-corrected chi connectivity index (χ2v) is 6.17. The zero-order chi connectivity index (χ0) is 14.8. The maximum absolute atomic E-state index is 11.2. The lowest BCUT2D eigenvalue weighted by molar-refractivity contribution is -0.393. The summed E-state index contributed by atoms with van der Waals surface area (Å²) < 4.78 is 1.46. The number of rotatable bonds is 5. The molecule has 1 aromatic carbocycles. The molecule has 0 radical (unpaired) electrons. The van der Waals surface area contributed by atoms with Crippen molar-refractivity contribution in [2.75, 3.05) is 5.75 Å². The van der Waals surface area contributed by atoms with E-state index in [4.69, 9.17) is 0 Å². The second kappa shape index (κ2) is 5.84. The first-order valence-electron chi connectivity index (χ1n) is 6.12. The van der Waals surface area contributed by atoms with Gasteiger partial charge in [0.05, 0.1) is 6.10 Å². The summed E-state index contributed by atoms with van der Waals surface area (Å²) >= 11 is 2.53. The van der Waals surface area contributed by atoms with E-state index in [2.05, 4.69) is 4.98 Å². The van der Waals surface area contributed by atoms with Crippen LogP contribution < -0.4 is 0 Å². The zero-order valence-corrected chi connectivity index (χ0v) is 12.4. The van der Waals surface area contributed by atoms with Crippen LogP contribution in [0.25, 0.3) is 4.96 Å². The Morgan fingerprint density at radius 2 is 2.19 bits per heavy atom. The smallest absolute Gasteiger partial charge is 0.362 e. The molecule has 0 aliphatic heterocycles. The first-order valence-corrected chi connectivity index (χ1v) is 7.99. The number of hydrogen-bond donors (Lipinski definition) is 1. The summed E-state index contributed by atoms with van der Waals surface area (Å²) in [6.07, 6.45) is 0.943. The minimum Gasteiger partial charge on any atom is -0.388 e. The summed E-state index contributed by atoms with van der Waals surface area (Å²) in [5.74, 6) is 0.270. The number of benzene rings is 1. The first kappa shape index (κ1) is 14.1. The molecule has 0 amide bonds. The molecule has 6 nitrogen and oxygen atoms in total. The molecule has 1 atom stereocenters. The van der Waals surface area contributed by atoms with Crippen molar-refractivity contribution in [2.24, 2.45) is 0 Å². The van der Waals surface area contributed by atoms with Crippen LogP contribution in [-0.4, -0.2) is 25.2 Å². The van der Waals surface area contributed by atoms with Crippen LogP contribution >= 0.6 is 23.1 Å². The molecule has 3 aromatic rings. The predicted molar refractivity (Wildman–Crippen MR) is 81.8 cm³/mol. The second-order valence-electron chi connectivity index (χ2n) is 4.29. The Kier molecular flexibility index (Phi) is 3.91. The van der Waals surface area contributed by atoms with Crippen molar-refractivity contribution in [3.63, 3.8) is 0 Å². The molecule has 2 aromatic heterocycles. The van der Waals surface area contributed by atoms with Crippen molar-refractivity contribution in [3.8, 4) is 0 Å². The average Bonchev–Trinajstić information content (AvgIpc) is 3.05. The maximum atomic E-state index is 11.2. The lowest BCUT2D eigenvalue weighted by Crippen LogP contribution is -2.01. The van der Waals surface area contributed by atoms with E-state index in [0.29, 0.717) is 15.7 Å². The van der Waals surface area contributed by atoms with Gasteiger partial charge in [-0.15, -0.1) is 0 Å². The van der Waals surface area contributed by atoms with Gasteiger partial charge in [-0.3, -0.25) is 0 Å². The first-order chi connectivity index (χ1) is 10.2. The fourth-order valence-electron chi connectivity index (χ4n) is 1.95. The van der Waals surface area contributed by atoms with E-state index in [1.54, 1.807) is 11.6 Å². The van der Waals surface area contributed by atoms with Crippen molar-refractivity contribution in [3.05, 3.63) is 57.6 Å². The van der Waals surface area contributed by atoms with Crippen LogP contribution in [-0.2, 0) is 0 Å². The molecule has 8 heteroatoms. The monoisotopic (exact) mass is 321 g/mol. The molecule has 0 saturated carbocycles. The predicted octanol–water partition coefficient (Wildman–Crippen LogP) is 3.13. The van der Waals surface area contributed by atoms with E-state index in [0.717, 1.165) is 5.56 Å². The third-order valence-electron chi connectivity index (χ3n) is 2.94. The zero-order valence-electron chi connectivity index (χ0n) is 10.7. The Morgan fingerprint density at radius 3 is 2.90 bits per heavy atom. The molecule has 1 N–H and O–H groups in total. The molecular weight excluding hydrogens is 310 g/mol. The van der Waals surface area contributed by atoms with Gasteiger partial charge in [0.25, 0.3) is 4.96 Å². The van der Waals surface area contributed by atoms with Crippen LogP contribution in [0.15, 0.2) is 46.9 Å². The Morgan fingerprint density at radius 1 is 1.43 bits per heavy atom. The van der Waals surface area contributed by atoms with E-state index in [1.807, 2.05) is 30.3 Å². The minimum absolute atomic E-state index is 0.0449. The van der Waals surface area contributed by atoms with Crippen LogP contribution in [0, 0.1) is 10.1 Å². The standard InChI is InChI=1S/C13H11N3O3S2/c17-10(9-4-2-1-3-5-9)8-21-11-12(16(18)19)15-6-7-20-13(15)14-11/h1-7,10,17H,8H2. The molecule has 0 fully saturated rings. The number of nitrogens with zero attached hydrogens (tertiary/aromatic N) is 3. The number of thiazole rings is 1. The quantitative estimate of drug-likeness (QED) is 0.443. The van der Waals surface area contributed by atoms with E-state index in [9.17, 15) is 15.2 Å². The van der Waals surface area contributed by atoms with Gasteiger partial charge in [-0.05, 0) is 10.5 Å². The number of aliphatic hydroxyl groups excluding tert-OH is 1. The summed E-state index contributed by atoms with van der Waals surface area (Å²) in [5, 5.41) is 23.4. The number of thioether (sulfide) groups is 1. The molecule has 0 bridgehead atoms. The van der Waals surface area contributed by atoms with Gasteiger partial charge in [-0.1, -0.05) is 53.4 Å². The number of aromatic nitrogens is 2. The summed E-state index contributed by atoms with van der Waals surface area (Å²) in [5.41, 5.74) is 0.786. The Bertz CT molecular complexity index is 769. The molecule has 0 spiro atoms. The number of imidazole rings is 1. The highest BCUT2D eigenvalue weighted by Gasteiger charge is 2.24. The van der Waals surface area contributed by atoms with Crippen molar-refractivity contribution < 1.29 is 10.0 Å². The fraction of sp³-hybridized carbons (Fsp3) is 0.154. The number of aliphatic hydroxyl groups is 1. The van der Waals surface area contributed by atoms with Gasteiger partial charge in [0.15, 0.2) is 5.03 Å². The van der Waals surface area contributed by atoms with Gasteiger partial charge in [0.1, 0.15) is 6.20 Å². The molecule has 0 aliphatic rings. The lowest BCUT2D eigenvalue weighted by Gasteiger charge is -2.09. The number of nitro groups is 1. The molecule has 3 rings (SSSR count). The summed E-state index contributed by atoms with van der Waals surface area (Å²) in [7, 11) is 0. The summed E-state index contributed by atoms with van der Waals surface area (Å²) in [6, 6.07) is 9.21. The van der Waals surface area contributed by atoms with Crippen molar-refractivity contribution in [1.82, 2.24) is 9.38 Å². The highest BCUT2D eigenvalue weighted by molar-refractivity contribution is 7.99. The highest BCUT2D eigenvalue weighted by atomic mass is 32.2. The average molecular weight is 321 g/mol. The molecule has 0 saturated heterocycles. The van der Waals surface area contributed by atoms with Crippen molar-refractivity contribution >= 4 is 33.9 Å². The number of hydrogen-bond acceptors (Lipinski definition) is 6. The lowest BCUT2D eigenvalue weighted by atomic mass is 10.1. The Labute approximate surface area is 128 Å². The molecule has 1 unspecified atom stereocenters. The van der Waals surface area contributed by atoms with Gasteiger partial charge in [0, 0.05) is 11.1 Å². The molecule has 0 aliphatic carbocycles. The molecule has 2 heterocycles. The van der Waals surface area contributed by atoms with E-state index < -0.39 is 11.0 Å². The van der Waals surface area contributed by atoms with Gasteiger partial charge < -0.3 is 15.2 Å². The van der Waals surface area contributed by atoms with Crippen molar-refractivity contribution in [2.45, 2.75) is 11.1 Å². The van der Waals surface area contributed by atoms with Gasteiger partial charge >= 0.3 is 5.82 Å². The Balaban J connectivity index is 1.80. The summed E-state index contributed by atoms with van der Waals surface area (Å²) in [4.78, 5) is 15.6. The highest BCUT2D eigenvalue weighted by Crippen LogP contribution is 2.33. The van der Waals surface area contributed by atoms with Gasteiger partial charge in [-0.25, -0.2) is 0 Å². The topological polar surface area (TPSA) is 80.7 Å². The van der Waals surface area contributed by atoms with Crippen LogP contribution in [0.3, 0.4) is 0 Å². The fourth-order valence-corrected chi connectivity index (χ4v) is 3.67. The van der Waals surface area contributed by atoms with Gasteiger partial charge in [-0.2, -0.15) is 9.38 Å². The van der Waals surface area contributed by atoms with Crippen LogP contribution in [0.4, 0.5) is 5.82 Å². The summed E-state index contributed by atoms with van der Waals surface area (Å²) in [6.45, 7) is 0. The normalized spacial score (nSPS) is 12.6. The van der Waals surface area contributed by atoms with E-state index in [1.165, 1.54) is 27.5 Å². The van der Waals surface area contributed by atoms with Crippen LogP contribution in [0.2, 0.25) is 0 Å². The minimum atomic E-state index is -0.685. The van der Waals surface area contributed by atoms with Crippen LogP contribution in [0.5, 0.6) is 0 Å². The van der Waals surface area contributed by atoms with E-state index >= 15 is 0 Å². The Hall–Kier alpha value is -1.90. The van der Waals surface area contributed by atoms with Crippen LogP contribution in [0.1, 0.15) is 11.7 Å². The largest absolute Gasteiger partial charge is 0.388 e. The van der Waals surface area contributed by atoms with E-state index in [-0.39, 0.29) is 5.82 Å². The molecule has 21 heavy (non-hydrogen) atoms. The molecular formula is C13H11N3O3S2. The molecule has 108 valence electrons. The SMILES string of the molecule is O=[N+]([O-])c1c(SCC(O)c2ccccc2)nc2sccn12. The number of fused-ring (bicyclic) bond motifs is 1. The third-order valence-corrected chi connectivity index (χ3v) is 4.73. The maximum Gasteiger partial charge on any atom is 0.362 e. The van der Waals surface area contributed by atoms with Crippen molar-refractivity contribution in [1.29, 1.82) is 0 Å².